The van der Waals surface area contributed by atoms with E-state index in [0.717, 1.165) is 11.8 Å². The van der Waals surface area contributed by atoms with Crippen LogP contribution in [0.3, 0.4) is 0 Å². The topological polar surface area (TPSA) is 18.5 Å². The molecule has 0 amide bonds. The fourth-order valence-corrected chi connectivity index (χ4v) is 21.0. The number of hydrogen-bond donors (Lipinski definition) is 0. The van der Waals surface area contributed by atoms with Crippen LogP contribution in [0, 0.1) is 11.8 Å². The molecule has 26 heavy (non-hydrogen) atoms. The maximum atomic E-state index is 6.52. The van der Waals surface area contributed by atoms with E-state index in [4.69, 9.17) is 8.23 Å². The van der Waals surface area contributed by atoms with Crippen LogP contribution in [0.5, 0.6) is 0 Å². The van der Waals surface area contributed by atoms with Crippen molar-refractivity contribution < 1.29 is 8.23 Å². The highest BCUT2D eigenvalue weighted by atomic mass is 28.4. The second-order valence-electron chi connectivity index (χ2n) is 11.9. The molecule has 1 saturated carbocycles. The van der Waals surface area contributed by atoms with E-state index < -0.39 is 33.3 Å². The van der Waals surface area contributed by atoms with Gasteiger partial charge >= 0.3 is 0 Å². The molecule has 0 heterocycles. The molecule has 0 bridgehead atoms. The highest BCUT2D eigenvalue weighted by molar-refractivity contribution is 6.84. The van der Waals surface area contributed by atoms with E-state index in [-0.39, 0.29) is 0 Å². The van der Waals surface area contributed by atoms with Gasteiger partial charge in [0.25, 0.3) is 0 Å². The first kappa shape index (κ1) is 24.8. The maximum Gasteiger partial charge on any atom is 0.173 e. The van der Waals surface area contributed by atoms with Crippen molar-refractivity contribution in [3.05, 3.63) is 0 Å². The van der Waals surface area contributed by atoms with Gasteiger partial charge in [-0.2, -0.15) is 0 Å². The Kier molecular flexibility index (Phi) is 9.09. The third-order valence-corrected chi connectivity index (χ3v) is 17.7. The van der Waals surface area contributed by atoms with E-state index in [0.29, 0.717) is 0 Å². The summed E-state index contributed by atoms with van der Waals surface area (Å²) >= 11 is 0. The fraction of sp³-hybridized carbons (Fsp3) is 1.00. The summed E-state index contributed by atoms with van der Waals surface area (Å²) in [5, 5.41) is 0. The number of hydrogen-bond acceptors (Lipinski definition) is 2. The minimum Gasteiger partial charge on any atom is -0.456 e. The molecule has 0 saturated heterocycles. The minimum absolute atomic E-state index is 0.965. The molecule has 0 aromatic rings. The first-order chi connectivity index (χ1) is 11.6. The summed E-state index contributed by atoms with van der Waals surface area (Å²) in [4.78, 5) is 0. The summed E-state index contributed by atoms with van der Waals surface area (Å²) in [6, 6.07) is 2.72. The molecule has 0 aliphatic heterocycles. The summed E-state index contributed by atoms with van der Waals surface area (Å²) in [6.45, 7) is 23.8. The molecule has 1 fully saturated rings. The van der Waals surface area contributed by atoms with Crippen LogP contribution in [0.15, 0.2) is 0 Å². The quantitative estimate of drug-likeness (QED) is 0.329. The third kappa shape index (κ3) is 11.6. The van der Waals surface area contributed by atoms with Crippen LogP contribution in [0.4, 0.5) is 0 Å². The average Bonchev–Trinajstić information content (AvgIpc) is 2.39. The third-order valence-electron chi connectivity index (χ3n) is 5.44. The molecule has 6 heteroatoms. The first-order valence-electron chi connectivity index (χ1n) is 11.0. The first-order valence-corrected chi connectivity index (χ1v) is 24.0. The van der Waals surface area contributed by atoms with Gasteiger partial charge in [-0.15, -0.1) is 0 Å². The van der Waals surface area contributed by atoms with Crippen molar-refractivity contribution in [3.8, 4) is 0 Å². The monoisotopic (exact) mass is 432 g/mol. The maximum absolute atomic E-state index is 6.52. The Balaban J connectivity index is 2.30. The summed E-state index contributed by atoms with van der Waals surface area (Å²) in [6.07, 6.45) is 8.65. The van der Waals surface area contributed by atoms with Crippen molar-refractivity contribution in [2.45, 2.75) is 116 Å². The molecule has 0 radical (unpaired) electrons. The normalized spacial score (nSPS) is 23.3. The lowest BCUT2D eigenvalue weighted by Crippen LogP contribution is -2.42. The average molecular weight is 433 g/mol. The standard InChI is InChI=1S/C20H48O2Si4/c1-23(2,3)21-25(7,8)17-15-19-11-13-20(14-12-19)16-18-26(9,10)22-24(4,5)6/h19-20H,11-18H2,1-10H3. The van der Waals surface area contributed by atoms with Crippen LogP contribution in [-0.4, -0.2) is 33.3 Å². The van der Waals surface area contributed by atoms with E-state index in [1.54, 1.807) is 0 Å². The van der Waals surface area contributed by atoms with Crippen LogP contribution in [0.25, 0.3) is 0 Å². The Morgan fingerprint density at radius 2 is 0.808 bits per heavy atom. The Bertz CT molecular complexity index is 377. The summed E-state index contributed by atoms with van der Waals surface area (Å²) in [5.74, 6) is 1.93. The van der Waals surface area contributed by atoms with Gasteiger partial charge in [0.1, 0.15) is 0 Å². The van der Waals surface area contributed by atoms with Crippen LogP contribution < -0.4 is 0 Å². The molecule has 0 unspecified atom stereocenters. The molecule has 1 aliphatic rings. The zero-order valence-electron chi connectivity index (χ0n) is 19.6. The van der Waals surface area contributed by atoms with Gasteiger partial charge in [-0.05, 0) is 89.4 Å². The Morgan fingerprint density at radius 1 is 0.538 bits per heavy atom. The molecule has 156 valence electrons. The number of rotatable bonds is 10. The molecular weight excluding hydrogens is 385 g/mol. The minimum atomic E-state index is -1.45. The second-order valence-corrected chi connectivity index (χ2v) is 30.0. The smallest absolute Gasteiger partial charge is 0.173 e. The lowest BCUT2D eigenvalue weighted by Gasteiger charge is -2.35. The van der Waals surface area contributed by atoms with Crippen molar-refractivity contribution in [1.29, 1.82) is 0 Å². The molecule has 0 N–H and O–H groups in total. The van der Waals surface area contributed by atoms with Gasteiger partial charge in [0, 0.05) is 0 Å². The Hall–Kier alpha value is 0.788. The van der Waals surface area contributed by atoms with Crippen molar-refractivity contribution >= 4 is 33.3 Å². The van der Waals surface area contributed by atoms with Crippen LogP contribution >= 0.6 is 0 Å². The van der Waals surface area contributed by atoms with Crippen molar-refractivity contribution in [1.82, 2.24) is 0 Å². The van der Waals surface area contributed by atoms with E-state index in [2.05, 4.69) is 65.5 Å². The molecule has 0 spiro atoms. The van der Waals surface area contributed by atoms with Gasteiger partial charge in [0.05, 0.1) is 0 Å². The Labute approximate surface area is 169 Å². The molecule has 0 aromatic heterocycles. The Morgan fingerprint density at radius 3 is 1.04 bits per heavy atom. The SMILES string of the molecule is C[Si](C)(C)O[Si](C)(C)CCC1CCC(CC[Si](C)(C)O[Si](C)(C)C)CC1. The predicted molar refractivity (Wildman–Crippen MR) is 128 cm³/mol. The molecular formula is C20H48O2Si4. The van der Waals surface area contributed by atoms with Crippen molar-refractivity contribution in [2.75, 3.05) is 0 Å². The summed E-state index contributed by atoms with van der Waals surface area (Å²) < 4.78 is 13.0. The molecule has 2 nitrogen and oxygen atoms in total. The highest BCUT2D eigenvalue weighted by Gasteiger charge is 2.33. The van der Waals surface area contributed by atoms with Gasteiger partial charge in [0.15, 0.2) is 33.3 Å². The zero-order chi connectivity index (χ0) is 20.2. The summed E-state index contributed by atoms with van der Waals surface area (Å²) in [5.41, 5.74) is 0. The lowest BCUT2D eigenvalue weighted by atomic mass is 9.80. The largest absolute Gasteiger partial charge is 0.456 e. The van der Waals surface area contributed by atoms with Gasteiger partial charge in [-0.1, -0.05) is 38.5 Å². The second kappa shape index (κ2) is 9.52. The van der Waals surface area contributed by atoms with E-state index in [1.807, 2.05) is 0 Å². The molecule has 1 aliphatic carbocycles. The molecule has 0 aromatic carbocycles. The molecule has 1 rings (SSSR count). The highest BCUT2D eigenvalue weighted by Crippen LogP contribution is 2.37. The zero-order valence-corrected chi connectivity index (χ0v) is 23.6. The fourth-order valence-electron chi connectivity index (χ4n) is 4.67. The van der Waals surface area contributed by atoms with Crippen LogP contribution in [-0.2, 0) is 8.23 Å². The van der Waals surface area contributed by atoms with Crippen LogP contribution in [0.1, 0.15) is 38.5 Å². The lowest BCUT2D eigenvalue weighted by molar-refractivity contribution is 0.260. The van der Waals surface area contributed by atoms with Gasteiger partial charge in [-0.25, -0.2) is 0 Å². The van der Waals surface area contributed by atoms with Crippen molar-refractivity contribution in [3.63, 3.8) is 0 Å². The van der Waals surface area contributed by atoms with E-state index >= 15 is 0 Å². The van der Waals surface area contributed by atoms with Gasteiger partial charge in [-0.3, -0.25) is 0 Å². The van der Waals surface area contributed by atoms with E-state index in [1.165, 1.54) is 50.6 Å². The molecule has 0 atom stereocenters. The predicted octanol–water partition coefficient (Wildman–Crippen LogP) is 7.69. The van der Waals surface area contributed by atoms with Crippen molar-refractivity contribution in [2.24, 2.45) is 11.8 Å². The van der Waals surface area contributed by atoms with E-state index in [9.17, 15) is 0 Å². The summed E-state index contributed by atoms with van der Waals surface area (Å²) in [7, 11) is -5.66. The van der Waals surface area contributed by atoms with Crippen LogP contribution in [0.2, 0.25) is 77.6 Å². The van der Waals surface area contributed by atoms with Gasteiger partial charge < -0.3 is 8.23 Å². The van der Waals surface area contributed by atoms with Gasteiger partial charge in [0.2, 0.25) is 0 Å².